The predicted octanol–water partition coefficient (Wildman–Crippen LogP) is 4.95. The van der Waals surface area contributed by atoms with Gasteiger partial charge in [-0.05, 0) is 83.1 Å². The fraction of sp³-hybridized carbons (Fsp3) is 0.294. The zero-order valence-corrected chi connectivity index (χ0v) is 13.1. The minimum absolute atomic E-state index is 0.268. The van der Waals surface area contributed by atoms with E-state index in [0.29, 0.717) is 5.75 Å². The highest BCUT2D eigenvalue weighted by Gasteiger charge is 2.21. The Kier molecular flexibility index (Phi) is 3.70. The van der Waals surface area contributed by atoms with Crippen molar-refractivity contribution in [2.24, 2.45) is 0 Å². The van der Waals surface area contributed by atoms with Crippen LogP contribution < -0.4 is 5.32 Å². The molecule has 0 aliphatic heterocycles. The summed E-state index contributed by atoms with van der Waals surface area (Å²) in [5.74, 6) is 0.348. The number of aryl methyl sites for hydroxylation is 2. The highest BCUT2D eigenvalue weighted by Crippen LogP contribution is 2.36. The van der Waals surface area contributed by atoms with Gasteiger partial charge < -0.3 is 10.4 Å². The van der Waals surface area contributed by atoms with Crippen LogP contribution in [0.3, 0.4) is 0 Å². The summed E-state index contributed by atoms with van der Waals surface area (Å²) >= 11 is 3.62. The molecule has 0 bridgehead atoms. The van der Waals surface area contributed by atoms with Crippen molar-refractivity contribution in [3.05, 3.63) is 57.6 Å². The molecular weight excluding hydrogens is 314 g/mol. The number of hydrogen-bond acceptors (Lipinski definition) is 2. The van der Waals surface area contributed by atoms with Gasteiger partial charge in [0.25, 0.3) is 0 Å². The molecular formula is C17H18BrNO. The third-order valence-electron chi connectivity index (χ3n) is 3.90. The Labute approximate surface area is 128 Å². The summed E-state index contributed by atoms with van der Waals surface area (Å²) in [5.41, 5.74) is 4.92. The first-order valence-electron chi connectivity index (χ1n) is 6.98. The van der Waals surface area contributed by atoms with Crippen LogP contribution in [-0.2, 0) is 6.42 Å². The summed E-state index contributed by atoms with van der Waals surface area (Å²) in [5, 5.41) is 13.3. The molecule has 1 aliphatic carbocycles. The molecule has 1 atom stereocenters. The molecule has 2 aromatic carbocycles. The minimum Gasteiger partial charge on any atom is -0.508 e. The van der Waals surface area contributed by atoms with Crippen LogP contribution in [0, 0.1) is 6.92 Å². The zero-order valence-electron chi connectivity index (χ0n) is 11.5. The van der Waals surface area contributed by atoms with Gasteiger partial charge in [-0.3, -0.25) is 0 Å². The highest BCUT2D eigenvalue weighted by atomic mass is 79.9. The summed E-state index contributed by atoms with van der Waals surface area (Å²) in [4.78, 5) is 0. The summed E-state index contributed by atoms with van der Waals surface area (Å²) in [7, 11) is 0. The number of phenolic OH excluding ortho intramolecular Hbond substituents is 1. The molecule has 104 valence electrons. The van der Waals surface area contributed by atoms with Crippen molar-refractivity contribution < 1.29 is 5.11 Å². The van der Waals surface area contributed by atoms with Gasteiger partial charge in [-0.2, -0.15) is 0 Å². The first-order chi connectivity index (χ1) is 9.63. The molecule has 2 N–H and O–H groups in total. The smallest absolute Gasteiger partial charge is 0.115 e. The van der Waals surface area contributed by atoms with E-state index in [1.54, 1.807) is 6.07 Å². The summed E-state index contributed by atoms with van der Waals surface area (Å²) in [6, 6.07) is 12.3. The standard InChI is InChI=1S/C17H18BrNO/c1-11-5-8-17(15(18)9-11)19-16-4-2-3-12-6-7-13(20)10-14(12)16/h5-10,16,19-20H,2-4H2,1H3. The average molecular weight is 332 g/mol. The zero-order chi connectivity index (χ0) is 14.1. The molecule has 1 unspecified atom stereocenters. The third-order valence-corrected chi connectivity index (χ3v) is 4.55. The third kappa shape index (κ3) is 2.68. The average Bonchev–Trinajstić information content (AvgIpc) is 2.42. The number of fused-ring (bicyclic) bond motifs is 1. The Balaban J connectivity index is 1.91. The quantitative estimate of drug-likeness (QED) is 0.815. The molecule has 3 rings (SSSR count). The topological polar surface area (TPSA) is 32.3 Å². The van der Waals surface area contributed by atoms with Crippen LogP contribution in [0.1, 0.15) is 35.6 Å². The van der Waals surface area contributed by atoms with E-state index in [2.05, 4.69) is 46.4 Å². The number of hydrogen-bond donors (Lipinski definition) is 2. The molecule has 0 radical (unpaired) electrons. The second kappa shape index (κ2) is 5.49. The molecule has 0 aromatic heterocycles. The number of phenols is 1. The summed E-state index contributed by atoms with van der Waals surface area (Å²) < 4.78 is 1.09. The number of benzene rings is 2. The lowest BCUT2D eigenvalue weighted by Crippen LogP contribution is -2.17. The van der Waals surface area contributed by atoms with Gasteiger partial charge in [-0.15, -0.1) is 0 Å². The van der Waals surface area contributed by atoms with Gasteiger partial charge in [0.15, 0.2) is 0 Å². The molecule has 0 spiro atoms. The number of aromatic hydroxyl groups is 1. The van der Waals surface area contributed by atoms with Crippen molar-refractivity contribution in [1.82, 2.24) is 0 Å². The molecule has 1 aliphatic rings. The van der Waals surface area contributed by atoms with Gasteiger partial charge in [0, 0.05) is 10.2 Å². The monoisotopic (exact) mass is 331 g/mol. The fourth-order valence-electron chi connectivity index (χ4n) is 2.86. The number of anilines is 1. The minimum atomic E-state index is 0.268. The van der Waals surface area contributed by atoms with Gasteiger partial charge in [0.1, 0.15) is 5.75 Å². The van der Waals surface area contributed by atoms with Crippen LogP contribution >= 0.6 is 15.9 Å². The SMILES string of the molecule is Cc1ccc(NC2CCCc3ccc(O)cc32)c(Br)c1. The van der Waals surface area contributed by atoms with E-state index in [1.165, 1.54) is 23.1 Å². The van der Waals surface area contributed by atoms with E-state index in [9.17, 15) is 5.11 Å². The van der Waals surface area contributed by atoms with E-state index in [0.717, 1.165) is 23.0 Å². The van der Waals surface area contributed by atoms with Crippen LogP contribution in [0.25, 0.3) is 0 Å². The molecule has 2 aromatic rings. The Morgan fingerprint density at radius 3 is 2.85 bits per heavy atom. The normalized spacial score (nSPS) is 17.6. The Bertz CT molecular complexity index is 639. The molecule has 0 amide bonds. The summed E-state index contributed by atoms with van der Waals surface area (Å²) in [6.45, 7) is 2.09. The molecule has 2 nitrogen and oxygen atoms in total. The predicted molar refractivity (Wildman–Crippen MR) is 86.3 cm³/mol. The van der Waals surface area contributed by atoms with E-state index < -0.39 is 0 Å². The Morgan fingerprint density at radius 1 is 1.20 bits per heavy atom. The van der Waals surface area contributed by atoms with E-state index >= 15 is 0 Å². The van der Waals surface area contributed by atoms with Crippen LogP contribution in [0.2, 0.25) is 0 Å². The summed E-state index contributed by atoms with van der Waals surface area (Å²) in [6.07, 6.45) is 3.37. The molecule has 0 saturated carbocycles. The fourth-order valence-corrected chi connectivity index (χ4v) is 3.47. The van der Waals surface area contributed by atoms with Gasteiger partial charge in [0.2, 0.25) is 0 Å². The van der Waals surface area contributed by atoms with E-state index in [-0.39, 0.29) is 6.04 Å². The maximum absolute atomic E-state index is 9.73. The molecule has 3 heteroatoms. The lowest BCUT2D eigenvalue weighted by Gasteiger charge is -2.28. The first-order valence-corrected chi connectivity index (χ1v) is 7.77. The maximum atomic E-state index is 9.73. The second-order valence-corrected chi connectivity index (χ2v) is 6.31. The van der Waals surface area contributed by atoms with Crippen molar-refractivity contribution in [1.29, 1.82) is 0 Å². The number of nitrogens with one attached hydrogen (secondary N) is 1. The first kappa shape index (κ1) is 13.5. The molecule has 0 heterocycles. The van der Waals surface area contributed by atoms with Crippen LogP contribution in [0.4, 0.5) is 5.69 Å². The van der Waals surface area contributed by atoms with Gasteiger partial charge in [0.05, 0.1) is 6.04 Å². The van der Waals surface area contributed by atoms with Crippen molar-refractivity contribution in [2.75, 3.05) is 5.32 Å². The van der Waals surface area contributed by atoms with E-state index in [1.807, 2.05) is 12.1 Å². The van der Waals surface area contributed by atoms with Crippen LogP contribution in [0.15, 0.2) is 40.9 Å². The van der Waals surface area contributed by atoms with Crippen LogP contribution in [0.5, 0.6) is 5.75 Å². The van der Waals surface area contributed by atoms with E-state index in [4.69, 9.17) is 0 Å². The van der Waals surface area contributed by atoms with Crippen molar-refractivity contribution >= 4 is 21.6 Å². The Hall–Kier alpha value is -1.48. The van der Waals surface area contributed by atoms with Gasteiger partial charge in [-0.25, -0.2) is 0 Å². The van der Waals surface area contributed by atoms with Gasteiger partial charge >= 0.3 is 0 Å². The van der Waals surface area contributed by atoms with Crippen molar-refractivity contribution in [3.63, 3.8) is 0 Å². The Morgan fingerprint density at radius 2 is 2.05 bits per heavy atom. The van der Waals surface area contributed by atoms with Gasteiger partial charge in [-0.1, -0.05) is 12.1 Å². The highest BCUT2D eigenvalue weighted by molar-refractivity contribution is 9.10. The van der Waals surface area contributed by atoms with Crippen molar-refractivity contribution in [3.8, 4) is 5.75 Å². The maximum Gasteiger partial charge on any atom is 0.115 e. The largest absolute Gasteiger partial charge is 0.508 e. The lowest BCUT2D eigenvalue weighted by molar-refractivity contribution is 0.471. The van der Waals surface area contributed by atoms with Crippen molar-refractivity contribution in [2.45, 2.75) is 32.2 Å². The number of halogens is 1. The molecule has 0 saturated heterocycles. The molecule has 0 fully saturated rings. The van der Waals surface area contributed by atoms with Crippen LogP contribution in [-0.4, -0.2) is 5.11 Å². The number of rotatable bonds is 2. The second-order valence-electron chi connectivity index (χ2n) is 5.46. The molecule has 20 heavy (non-hydrogen) atoms. The lowest BCUT2D eigenvalue weighted by atomic mass is 9.87.